The van der Waals surface area contributed by atoms with E-state index in [1.807, 2.05) is 0 Å². The van der Waals surface area contributed by atoms with Gasteiger partial charge in [-0.2, -0.15) is 0 Å². The van der Waals surface area contributed by atoms with Gasteiger partial charge < -0.3 is 4.98 Å². The fourth-order valence-corrected chi connectivity index (χ4v) is 9.01. The molecular formula is C59H48N4. The van der Waals surface area contributed by atoms with Gasteiger partial charge in [0.05, 0.1) is 45.2 Å². The molecule has 304 valence electrons. The Bertz CT molecular complexity index is 3370. The van der Waals surface area contributed by atoms with Crippen LogP contribution in [0.2, 0.25) is 0 Å². The quantitative estimate of drug-likeness (QED) is 0.193. The number of benzene rings is 6. The summed E-state index contributed by atoms with van der Waals surface area (Å²) in [5.41, 5.74) is 20.4. The molecule has 4 nitrogen and oxygen atoms in total. The van der Waals surface area contributed by atoms with Gasteiger partial charge in [-0.05, 0) is 127 Å². The van der Waals surface area contributed by atoms with Crippen molar-refractivity contribution in [3.63, 3.8) is 0 Å². The second kappa shape index (κ2) is 14.6. The van der Waals surface area contributed by atoms with Crippen LogP contribution in [-0.4, -0.2) is 19.9 Å². The zero-order valence-electron chi connectivity index (χ0n) is 36.6. The highest BCUT2D eigenvalue weighted by Crippen LogP contribution is 2.45. The van der Waals surface area contributed by atoms with E-state index in [4.69, 9.17) is 15.0 Å². The number of nitrogens with one attached hydrogen (secondary N) is 1. The van der Waals surface area contributed by atoms with Crippen molar-refractivity contribution in [1.82, 2.24) is 19.9 Å². The van der Waals surface area contributed by atoms with Crippen LogP contribution < -0.4 is 0 Å². The lowest BCUT2D eigenvalue weighted by atomic mass is 9.83. The number of hydrogen-bond donors (Lipinski definition) is 1. The van der Waals surface area contributed by atoms with Gasteiger partial charge in [0.2, 0.25) is 0 Å². The summed E-state index contributed by atoms with van der Waals surface area (Å²) in [6, 6.07) is 63.4. The number of pyridine rings is 3. The molecule has 0 unspecified atom stereocenters. The Morgan fingerprint density at radius 1 is 0.302 bits per heavy atom. The molecule has 1 N–H and O–H groups in total. The van der Waals surface area contributed by atoms with E-state index in [1.54, 1.807) is 0 Å². The first-order valence-corrected chi connectivity index (χ1v) is 21.9. The van der Waals surface area contributed by atoms with Crippen LogP contribution in [-0.2, 0) is 10.8 Å². The number of aromatic nitrogens is 4. The standard InChI is InChI=1S/C59H48N4/c1-58(2,3)44-32-46-47-33-45(59(4,5)6)35-49-51-27-42(40-24-22-39(23-25-40)36-16-10-7-11-17-36)29-53(61-51)55-31-43(38-20-14-9-15-21-38)30-54(62-55)52-28-41(37-18-12-8-13-19-37)26-50(60-52)48(34-44)56(46)63-57(47)49/h7-35,63H,1-6H3. The normalized spacial score (nSPS) is 12.3. The van der Waals surface area contributed by atoms with E-state index in [0.29, 0.717) is 0 Å². The molecule has 0 spiro atoms. The summed E-state index contributed by atoms with van der Waals surface area (Å²) in [7, 11) is 0. The Hall–Kier alpha value is -7.43. The Balaban J connectivity index is 1.29. The van der Waals surface area contributed by atoms with Gasteiger partial charge in [-0.15, -0.1) is 0 Å². The Labute approximate surface area is 369 Å². The van der Waals surface area contributed by atoms with Gasteiger partial charge >= 0.3 is 0 Å². The average Bonchev–Trinajstić information content (AvgIpc) is 3.69. The summed E-state index contributed by atoms with van der Waals surface area (Å²) in [5, 5.41) is 2.36. The molecule has 4 aromatic heterocycles. The van der Waals surface area contributed by atoms with Crippen LogP contribution in [0.15, 0.2) is 176 Å². The summed E-state index contributed by atoms with van der Waals surface area (Å²) in [5.74, 6) is 0. The number of rotatable bonds is 4. The third-order valence-electron chi connectivity index (χ3n) is 12.6. The van der Waals surface area contributed by atoms with Gasteiger partial charge in [-0.1, -0.05) is 157 Å². The summed E-state index contributed by atoms with van der Waals surface area (Å²) in [6.45, 7) is 13.8. The maximum Gasteiger partial charge on any atom is 0.0901 e. The molecule has 0 radical (unpaired) electrons. The van der Waals surface area contributed by atoms with Crippen LogP contribution in [0.4, 0.5) is 0 Å². The number of hydrogen-bond acceptors (Lipinski definition) is 3. The van der Waals surface area contributed by atoms with E-state index in [2.05, 4.69) is 222 Å². The van der Waals surface area contributed by atoms with E-state index >= 15 is 0 Å². The third-order valence-corrected chi connectivity index (χ3v) is 12.6. The molecule has 10 aromatic rings. The van der Waals surface area contributed by atoms with Crippen LogP contribution in [0, 0.1) is 0 Å². The third kappa shape index (κ3) is 7.02. The van der Waals surface area contributed by atoms with Crippen LogP contribution in [0.5, 0.6) is 0 Å². The van der Waals surface area contributed by atoms with Crippen LogP contribution in [0.3, 0.4) is 0 Å². The van der Waals surface area contributed by atoms with Crippen molar-refractivity contribution in [2.75, 3.05) is 0 Å². The summed E-state index contributed by atoms with van der Waals surface area (Å²) >= 11 is 0. The van der Waals surface area contributed by atoms with Crippen LogP contribution in [0.25, 0.3) is 112 Å². The summed E-state index contributed by atoms with van der Waals surface area (Å²) in [4.78, 5) is 20.7. The number of nitrogens with zero attached hydrogens (tertiary/aromatic N) is 3. The van der Waals surface area contributed by atoms with Gasteiger partial charge in [0.1, 0.15) is 0 Å². The highest BCUT2D eigenvalue weighted by Gasteiger charge is 2.26. The van der Waals surface area contributed by atoms with Crippen LogP contribution >= 0.6 is 0 Å². The molecule has 6 aromatic carbocycles. The van der Waals surface area contributed by atoms with Crippen molar-refractivity contribution in [1.29, 1.82) is 0 Å². The monoisotopic (exact) mass is 812 g/mol. The minimum Gasteiger partial charge on any atom is -0.353 e. The second-order valence-corrected chi connectivity index (χ2v) is 19.1. The molecular weight excluding hydrogens is 765 g/mol. The van der Waals surface area contributed by atoms with Crippen LogP contribution in [0.1, 0.15) is 52.7 Å². The SMILES string of the molecule is CC(C)(C)c1cc2c3[nH]c4c(cc(C(C)(C)C)cc4c3c1)-c1cc(-c3ccc(-c4ccccc4)cc3)cc(n1)-c1cc(-c3ccccc3)cc(n1)-c1cc(-c3ccccc3)cc-2n1. The van der Waals surface area contributed by atoms with Gasteiger partial charge in [-0.3, -0.25) is 0 Å². The largest absolute Gasteiger partial charge is 0.353 e. The first-order valence-electron chi connectivity index (χ1n) is 21.9. The predicted molar refractivity (Wildman–Crippen MR) is 264 cm³/mol. The van der Waals surface area contributed by atoms with E-state index in [-0.39, 0.29) is 10.8 Å². The maximum atomic E-state index is 5.61. The Kier molecular flexibility index (Phi) is 8.92. The highest BCUT2D eigenvalue weighted by atomic mass is 14.8. The van der Waals surface area contributed by atoms with E-state index < -0.39 is 0 Å². The van der Waals surface area contributed by atoms with Gasteiger partial charge in [-0.25, -0.2) is 15.0 Å². The first kappa shape index (κ1) is 38.5. The lowest BCUT2D eigenvalue weighted by Crippen LogP contribution is -2.11. The van der Waals surface area contributed by atoms with Crippen molar-refractivity contribution >= 4 is 21.8 Å². The molecule has 1 aliphatic heterocycles. The number of fused-ring (bicyclic) bond motifs is 11. The molecule has 1 aliphatic rings. The summed E-state index contributed by atoms with van der Waals surface area (Å²) < 4.78 is 0. The summed E-state index contributed by atoms with van der Waals surface area (Å²) in [6.07, 6.45) is 0. The second-order valence-electron chi connectivity index (χ2n) is 19.1. The fraction of sp³-hybridized carbons (Fsp3) is 0.136. The van der Waals surface area contributed by atoms with Gasteiger partial charge in [0, 0.05) is 21.9 Å². The van der Waals surface area contributed by atoms with E-state index in [1.165, 1.54) is 33.0 Å². The Morgan fingerprint density at radius 3 is 0.937 bits per heavy atom. The molecule has 0 saturated heterocycles. The molecule has 63 heavy (non-hydrogen) atoms. The molecule has 0 saturated carbocycles. The first-order chi connectivity index (χ1) is 30.4. The molecule has 0 fully saturated rings. The minimum absolute atomic E-state index is 0.124. The van der Waals surface area contributed by atoms with Gasteiger partial charge in [0.25, 0.3) is 0 Å². The molecule has 5 heterocycles. The van der Waals surface area contributed by atoms with E-state index in [0.717, 1.165) is 89.7 Å². The molecule has 11 rings (SSSR count). The predicted octanol–water partition coefficient (Wildman–Crippen LogP) is 15.8. The maximum absolute atomic E-state index is 5.61. The average molecular weight is 813 g/mol. The van der Waals surface area contributed by atoms with Crippen molar-refractivity contribution in [2.45, 2.75) is 52.4 Å². The molecule has 4 heteroatoms. The highest BCUT2D eigenvalue weighted by molar-refractivity contribution is 6.16. The van der Waals surface area contributed by atoms with E-state index in [9.17, 15) is 0 Å². The van der Waals surface area contributed by atoms with Crippen molar-refractivity contribution in [2.24, 2.45) is 0 Å². The zero-order chi connectivity index (χ0) is 43.0. The fourth-order valence-electron chi connectivity index (χ4n) is 9.01. The molecule has 0 aliphatic carbocycles. The minimum atomic E-state index is -0.130. The lowest BCUT2D eigenvalue weighted by molar-refractivity contribution is 0.590. The molecule has 0 atom stereocenters. The Morgan fingerprint density at radius 2 is 0.587 bits per heavy atom. The number of H-pyrrole nitrogens is 1. The van der Waals surface area contributed by atoms with Crippen molar-refractivity contribution < 1.29 is 0 Å². The van der Waals surface area contributed by atoms with Gasteiger partial charge in [0.15, 0.2) is 0 Å². The lowest BCUT2D eigenvalue weighted by Gasteiger charge is -2.22. The molecule has 8 bridgehead atoms. The van der Waals surface area contributed by atoms with Crippen molar-refractivity contribution in [3.05, 3.63) is 187 Å². The molecule has 0 amide bonds. The topological polar surface area (TPSA) is 54.5 Å². The zero-order valence-corrected chi connectivity index (χ0v) is 36.6. The number of aromatic amines is 1. The van der Waals surface area contributed by atoms with Crippen molar-refractivity contribution in [3.8, 4) is 89.8 Å². The smallest absolute Gasteiger partial charge is 0.0901 e.